The molecule has 3 aromatic rings. The number of nitrogens with zero attached hydrogens (tertiary/aromatic N) is 2. The van der Waals surface area contributed by atoms with Crippen molar-refractivity contribution in [2.45, 2.75) is 6.54 Å². The van der Waals surface area contributed by atoms with E-state index in [9.17, 15) is 13.6 Å². The molecule has 0 saturated heterocycles. The quantitative estimate of drug-likeness (QED) is 0.743. The van der Waals surface area contributed by atoms with E-state index in [1.165, 1.54) is 10.8 Å². The molecule has 0 unspecified atom stereocenters. The van der Waals surface area contributed by atoms with E-state index in [1.807, 2.05) is 0 Å². The van der Waals surface area contributed by atoms with Gasteiger partial charge in [0.05, 0.1) is 18.0 Å². The van der Waals surface area contributed by atoms with E-state index in [0.717, 1.165) is 17.7 Å². The lowest BCUT2D eigenvalue weighted by atomic mass is 10.1. The number of hydrogen-bond donors (Lipinski definition) is 0. The maximum absolute atomic E-state index is 14.2. The van der Waals surface area contributed by atoms with Crippen LogP contribution in [0.25, 0.3) is 10.9 Å². The number of hydrogen-bond acceptors (Lipinski definition) is 3. The molecule has 0 fully saturated rings. The van der Waals surface area contributed by atoms with Crippen LogP contribution in [0.3, 0.4) is 0 Å². The molecule has 120 valence electrons. The predicted octanol–water partition coefficient (Wildman–Crippen LogP) is 3.21. The second-order valence-corrected chi connectivity index (χ2v) is 5.21. The smallest absolute Gasteiger partial charge is 0.210 e. The summed E-state index contributed by atoms with van der Waals surface area (Å²) >= 11 is 0. The number of pyridine rings is 1. The number of fused-ring (bicyclic) bond motifs is 1. The summed E-state index contributed by atoms with van der Waals surface area (Å²) < 4.78 is 34.7. The van der Waals surface area contributed by atoms with Crippen molar-refractivity contribution in [3.63, 3.8) is 0 Å². The fraction of sp³-hybridized carbons (Fsp3) is 0.111. The summed E-state index contributed by atoms with van der Waals surface area (Å²) in [7, 11) is 1.54. The van der Waals surface area contributed by atoms with Gasteiger partial charge in [-0.2, -0.15) is 5.26 Å². The van der Waals surface area contributed by atoms with Gasteiger partial charge in [0.2, 0.25) is 5.43 Å². The number of benzene rings is 2. The molecule has 0 saturated carbocycles. The minimum absolute atomic E-state index is 0.158. The Bertz CT molecular complexity index is 1020. The van der Waals surface area contributed by atoms with E-state index in [-0.39, 0.29) is 17.6 Å². The number of methoxy groups -OCH3 is 1. The number of nitriles is 1. The first-order valence-corrected chi connectivity index (χ1v) is 7.09. The Kier molecular flexibility index (Phi) is 4.00. The van der Waals surface area contributed by atoms with Gasteiger partial charge in [0.15, 0.2) is 0 Å². The van der Waals surface area contributed by atoms with E-state index >= 15 is 0 Å². The standard InChI is InChI=1S/C18H12F2N2O2/c1-24-13-4-2-11(3-5-13)9-22-10-12(8-21)18(23)16-14(19)6-7-15(20)17(16)22/h2-7,10H,9H2,1H3. The molecule has 2 aromatic carbocycles. The molecule has 0 spiro atoms. The molecule has 0 aliphatic heterocycles. The van der Waals surface area contributed by atoms with Gasteiger partial charge in [-0.25, -0.2) is 8.78 Å². The van der Waals surface area contributed by atoms with Crippen LogP contribution >= 0.6 is 0 Å². The maximum Gasteiger partial charge on any atom is 0.210 e. The molecule has 0 N–H and O–H groups in total. The fourth-order valence-electron chi connectivity index (χ4n) is 2.58. The van der Waals surface area contributed by atoms with Crippen LogP contribution in [0.1, 0.15) is 11.1 Å². The third-order valence-corrected chi connectivity index (χ3v) is 3.75. The second-order valence-electron chi connectivity index (χ2n) is 5.21. The SMILES string of the molecule is COc1ccc(Cn2cc(C#N)c(=O)c3c(F)ccc(F)c32)cc1. The lowest BCUT2D eigenvalue weighted by Gasteiger charge is -2.13. The lowest BCUT2D eigenvalue weighted by Crippen LogP contribution is -2.16. The largest absolute Gasteiger partial charge is 0.497 e. The first-order chi connectivity index (χ1) is 11.5. The Balaban J connectivity index is 2.23. The molecule has 0 aliphatic carbocycles. The van der Waals surface area contributed by atoms with Crippen molar-refractivity contribution in [2.75, 3.05) is 7.11 Å². The summed E-state index contributed by atoms with van der Waals surface area (Å²) in [5, 5.41) is 8.69. The Hall–Kier alpha value is -3.20. The maximum atomic E-state index is 14.2. The van der Waals surface area contributed by atoms with Gasteiger partial charge < -0.3 is 9.30 Å². The van der Waals surface area contributed by atoms with Gasteiger partial charge in [-0.05, 0) is 29.8 Å². The molecule has 0 atom stereocenters. The highest BCUT2D eigenvalue weighted by molar-refractivity contribution is 5.81. The minimum Gasteiger partial charge on any atom is -0.497 e. The molecule has 24 heavy (non-hydrogen) atoms. The zero-order valence-electron chi connectivity index (χ0n) is 12.7. The van der Waals surface area contributed by atoms with Crippen LogP contribution in [0.15, 0.2) is 47.4 Å². The zero-order chi connectivity index (χ0) is 17.3. The van der Waals surface area contributed by atoms with Crippen LogP contribution in [0.4, 0.5) is 8.78 Å². The predicted molar refractivity (Wildman–Crippen MR) is 84.9 cm³/mol. The number of aromatic nitrogens is 1. The minimum atomic E-state index is -0.850. The van der Waals surface area contributed by atoms with Gasteiger partial charge in [0.1, 0.15) is 29.0 Å². The van der Waals surface area contributed by atoms with Crippen molar-refractivity contribution < 1.29 is 13.5 Å². The van der Waals surface area contributed by atoms with E-state index in [2.05, 4.69) is 0 Å². The Morgan fingerprint density at radius 1 is 1.12 bits per heavy atom. The van der Waals surface area contributed by atoms with Gasteiger partial charge in [-0.3, -0.25) is 4.79 Å². The second kappa shape index (κ2) is 6.13. The molecular weight excluding hydrogens is 314 g/mol. The topological polar surface area (TPSA) is 55.0 Å². The molecule has 6 heteroatoms. The summed E-state index contributed by atoms with van der Waals surface area (Å²) in [6.07, 6.45) is 1.25. The highest BCUT2D eigenvalue weighted by Gasteiger charge is 2.16. The van der Waals surface area contributed by atoms with E-state index in [4.69, 9.17) is 10.00 Å². The zero-order valence-corrected chi connectivity index (χ0v) is 12.7. The molecule has 0 radical (unpaired) electrons. The number of rotatable bonds is 3. The van der Waals surface area contributed by atoms with Gasteiger partial charge in [0, 0.05) is 12.7 Å². The van der Waals surface area contributed by atoms with Gasteiger partial charge in [-0.1, -0.05) is 12.1 Å². The molecule has 1 heterocycles. The first kappa shape index (κ1) is 15.7. The Morgan fingerprint density at radius 3 is 2.42 bits per heavy atom. The van der Waals surface area contributed by atoms with E-state index in [1.54, 1.807) is 37.4 Å². The van der Waals surface area contributed by atoms with Gasteiger partial charge >= 0.3 is 0 Å². The monoisotopic (exact) mass is 326 g/mol. The highest BCUT2D eigenvalue weighted by atomic mass is 19.1. The van der Waals surface area contributed by atoms with Crippen molar-refractivity contribution in [1.82, 2.24) is 4.57 Å². The van der Waals surface area contributed by atoms with Crippen LogP contribution in [-0.2, 0) is 6.54 Å². The van der Waals surface area contributed by atoms with Crippen LogP contribution in [0.5, 0.6) is 5.75 Å². The summed E-state index contributed by atoms with van der Waals surface area (Å²) in [6.45, 7) is 0.176. The van der Waals surface area contributed by atoms with Gasteiger partial charge in [-0.15, -0.1) is 0 Å². The van der Waals surface area contributed by atoms with Crippen molar-refractivity contribution in [2.24, 2.45) is 0 Å². The summed E-state index contributed by atoms with van der Waals surface area (Å²) in [5.74, 6) is -0.906. The Labute approximate surface area is 136 Å². The molecule has 0 amide bonds. The van der Waals surface area contributed by atoms with Crippen molar-refractivity contribution >= 4 is 10.9 Å². The van der Waals surface area contributed by atoms with Crippen molar-refractivity contribution in [3.8, 4) is 11.8 Å². The Morgan fingerprint density at radius 2 is 1.79 bits per heavy atom. The molecule has 1 aromatic heterocycles. The summed E-state index contributed by atoms with van der Waals surface area (Å²) in [4.78, 5) is 12.2. The number of halogens is 2. The van der Waals surface area contributed by atoms with Crippen molar-refractivity contribution in [3.05, 3.63) is 75.6 Å². The molecule has 0 aliphatic rings. The molecule has 4 nitrogen and oxygen atoms in total. The number of ether oxygens (including phenoxy) is 1. The van der Waals surface area contributed by atoms with Crippen LogP contribution < -0.4 is 10.2 Å². The van der Waals surface area contributed by atoms with E-state index < -0.39 is 22.4 Å². The molecule has 3 rings (SSSR count). The van der Waals surface area contributed by atoms with Crippen LogP contribution in [0.2, 0.25) is 0 Å². The summed E-state index contributed by atoms with van der Waals surface area (Å²) in [5.41, 5.74) is -0.417. The normalized spacial score (nSPS) is 10.6. The fourth-order valence-corrected chi connectivity index (χ4v) is 2.58. The average Bonchev–Trinajstić information content (AvgIpc) is 2.60. The summed E-state index contributed by atoms with van der Waals surface area (Å²) in [6, 6.07) is 10.6. The van der Waals surface area contributed by atoms with Crippen LogP contribution in [0, 0.1) is 23.0 Å². The average molecular weight is 326 g/mol. The first-order valence-electron chi connectivity index (χ1n) is 7.09. The third-order valence-electron chi connectivity index (χ3n) is 3.75. The van der Waals surface area contributed by atoms with Crippen molar-refractivity contribution in [1.29, 1.82) is 5.26 Å². The van der Waals surface area contributed by atoms with E-state index in [0.29, 0.717) is 5.75 Å². The molecule has 0 bridgehead atoms. The van der Waals surface area contributed by atoms with Gasteiger partial charge in [0.25, 0.3) is 0 Å². The van der Waals surface area contributed by atoms with Crippen LogP contribution in [-0.4, -0.2) is 11.7 Å². The third kappa shape index (κ3) is 2.61. The molecular formula is C18H12F2N2O2. The lowest BCUT2D eigenvalue weighted by molar-refractivity contribution is 0.414. The highest BCUT2D eigenvalue weighted by Crippen LogP contribution is 2.21.